The Kier molecular flexibility index (Phi) is 8.13. The fourth-order valence-electron chi connectivity index (χ4n) is 2.28. The minimum absolute atomic E-state index is 0.200. The lowest BCUT2D eigenvalue weighted by molar-refractivity contribution is -0.305. The number of ether oxygens (including phenoxy) is 2. The summed E-state index contributed by atoms with van der Waals surface area (Å²) in [5.41, 5.74) is 0. The molecule has 0 spiro atoms. The number of aliphatic hydroxyl groups excluding tert-OH is 3. The van der Waals surface area contributed by atoms with Crippen LogP contribution in [0.3, 0.4) is 0 Å². The van der Waals surface area contributed by atoms with Gasteiger partial charge in [-0.3, -0.25) is 4.79 Å². The molecule has 1 amide bonds. The van der Waals surface area contributed by atoms with Crippen LogP contribution in [0, 0.1) is 0 Å². The first-order chi connectivity index (χ1) is 11.3. The second kappa shape index (κ2) is 9.58. The number of carbonyl (C=O) groups excluding carboxylic acids is 2. The Morgan fingerprint density at radius 2 is 2.12 bits per heavy atom. The van der Waals surface area contributed by atoms with Crippen LogP contribution in [-0.4, -0.2) is 70.9 Å². The van der Waals surface area contributed by atoms with E-state index >= 15 is 0 Å². The Morgan fingerprint density at radius 1 is 1.46 bits per heavy atom. The van der Waals surface area contributed by atoms with E-state index in [-0.39, 0.29) is 6.61 Å². The molecule has 0 aromatic rings. The van der Waals surface area contributed by atoms with Crippen molar-refractivity contribution in [1.29, 1.82) is 0 Å². The molecular formula is C15H24NO8-. The highest BCUT2D eigenvalue weighted by Crippen LogP contribution is 2.22. The maximum absolute atomic E-state index is 11.3. The summed E-state index contributed by atoms with van der Waals surface area (Å²) in [5, 5.41) is 43.5. The van der Waals surface area contributed by atoms with Gasteiger partial charge in [0, 0.05) is 13.5 Å². The quantitative estimate of drug-likeness (QED) is 0.333. The van der Waals surface area contributed by atoms with E-state index in [0.717, 1.165) is 18.9 Å². The number of carboxylic acid groups (broad SMARTS) is 1. The summed E-state index contributed by atoms with van der Waals surface area (Å²) < 4.78 is 10.3. The van der Waals surface area contributed by atoms with Gasteiger partial charge in [0.1, 0.15) is 23.9 Å². The van der Waals surface area contributed by atoms with Crippen LogP contribution in [0.2, 0.25) is 0 Å². The van der Waals surface area contributed by atoms with Gasteiger partial charge in [-0.15, -0.1) is 0 Å². The van der Waals surface area contributed by atoms with Crippen LogP contribution in [0.15, 0.2) is 11.8 Å². The van der Waals surface area contributed by atoms with Gasteiger partial charge in [0.05, 0.1) is 18.8 Å². The molecule has 0 aliphatic carbocycles. The van der Waals surface area contributed by atoms with Crippen molar-refractivity contribution in [3.8, 4) is 0 Å². The number of hydrogen-bond acceptors (Lipinski definition) is 8. The normalized spacial score (nSPS) is 26.0. The fourth-order valence-corrected chi connectivity index (χ4v) is 2.28. The summed E-state index contributed by atoms with van der Waals surface area (Å²) in [7, 11) is 0. The number of carboxylic acids is 1. The van der Waals surface area contributed by atoms with Gasteiger partial charge in [0.25, 0.3) is 0 Å². The van der Waals surface area contributed by atoms with E-state index in [9.17, 15) is 30.0 Å². The number of hydrogen-bond donors (Lipinski definition) is 4. The van der Waals surface area contributed by atoms with E-state index in [1.54, 1.807) is 0 Å². The summed E-state index contributed by atoms with van der Waals surface area (Å²) in [6.07, 6.45) is -3.25. The lowest BCUT2D eigenvalue weighted by Crippen LogP contribution is -2.60. The molecule has 2 unspecified atom stereocenters. The Balaban J connectivity index is 2.83. The molecule has 0 saturated carbocycles. The van der Waals surface area contributed by atoms with Gasteiger partial charge in [0.2, 0.25) is 5.91 Å². The average Bonchev–Trinajstić information content (AvgIpc) is 2.51. The number of rotatable bonds is 9. The van der Waals surface area contributed by atoms with Crippen molar-refractivity contribution < 1.29 is 39.5 Å². The lowest BCUT2D eigenvalue weighted by Gasteiger charge is -2.39. The van der Waals surface area contributed by atoms with Gasteiger partial charge in [0.15, 0.2) is 6.10 Å². The zero-order valence-corrected chi connectivity index (χ0v) is 13.7. The van der Waals surface area contributed by atoms with Crippen molar-refractivity contribution in [3.63, 3.8) is 0 Å². The van der Waals surface area contributed by atoms with E-state index in [4.69, 9.17) is 9.47 Å². The van der Waals surface area contributed by atoms with E-state index in [0.29, 0.717) is 6.61 Å². The maximum Gasteiger partial charge on any atom is 0.217 e. The Labute approximate surface area is 139 Å². The first-order valence-corrected chi connectivity index (χ1v) is 7.76. The molecule has 0 aromatic heterocycles. The molecule has 9 nitrogen and oxygen atoms in total. The third-order valence-corrected chi connectivity index (χ3v) is 3.54. The standard InChI is InChI=1S/C15H25NO8/c1-3-4-5-23-7-10(19)13(20)14-12(16-8(2)17)9(18)6-11(24-14)15(21)22/h6,9-10,12-14,18-20H,3-5,7H2,1-2H3,(H,16,17)(H,21,22)/p-1/t9?,10-,12-,13-,14?/m1/s1. The molecule has 0 bridgehead atoms. The minimum Gasteiger partial charge on any atom is -0.542 e. The van der Waals surface area contributed by atoms with Gasteiger partial charge in [-0.2, -0.15) is 0 Å². The maximum atomic E-state index is 11.3. The molecule has 0 radical (unpaired) electrons. The number of aliphatic hydroxyl groups is 3. The van der Waals surface area contributed by atoms with Crippen LogP contribution in [0.25, 0.3) is 0 Å². The molecule has 138 valence electrons. The molecule has 0 aromatic carbocycles. The second-order valence-corrected chi connectivity index (χ2v) is 5.60. The van der Waals surface area contributed by atoms with E-state index in [1.807, 2.05) is 6.92 Å². The number of carbonyl (C=O) groups is 2. The molecule has 1 rings (SSSR count). The van der Waals surface area contributed by atoms with Crippen molar-refractivity contribution in [1.82, 2.24) is 5.32 Å². The topological polar surface area (TPSA) is 148 Å². The SMILES string of the molecule is CCCCOC[C@@H](O)[C@@H](O)C1OC(C(=O)[O-])=CC(O)[C@H]1NC(C)=O. The van der Waals surface area contributed by atoms with Crippen LogP contribution in [0.4, 0.5) is 0 Å². The monoisotopic (exact) mass is 346 g/mol. The van der Waals surface area contributed by atoms with Crippen molar-refractivity contribution in [2.45, 2.75) is 57.1 Å². The van der Waals surface area contributed by atoms with E-state index < -0.39 is 48.1 Å². The predicted octanol–water partition coefficient (Wildman–Crippen LogP) is -2.58. The molecular weight excluding hydrogens is 322 g/mol. The zero-order valence-electron chi connectivity index (χ0n) is 13.7. The van der Waals surface area contributed by atoms with Crippen LogP contribution in [-0.2, 0) is 19.1 Å². The van der Waals surface area contributed by atoms with Crippen molar-refractivity contribution in [2.24, 2.45) is 0 Å². The first-order valence-electron chi connectivity index (χ1n) is 7.76. The summed E-state index contributed by atoms with van der Waals surface area (Å²) in [4.78, 5) is 22.2. The molecule has 1 aliphatic rings. The zero-order chi connectivity index (χ0) is 18.3. The summed E-state index contributed by atoms with van der Waals surface area (Å²) in [6, 6.07) is -1.13. The van der Waals surface area contributed by atoms with Crippen molar-refractivity contribution in [2.75, 3.05) is 13.2 Å². The molecule has 9 heteroatoms. The Bertz CT molecular complexity index is 466. The summed E-state index contributed by atoms with van der Waals surface area (Å²) in [5.74, 6) is -2.87. The Morgan fingerprint density at radius 3 is 2.67 bits per heavy atom. The van der Waals surface area contributed by atoms with Gasteiger partial charge >= 0.3 is 0 Å². The minimum atomic E-state index is -1.68. The Hall–Kier alpha value is -1.68. The first kappa shape index (κ1) is 20.4. The van der Waals surface area contributed by atoms with Gasteiger partial charge in [-0.05, 0) is 12.5 Å². The highest BCUT2D eigenvalue weighted by Gasteiger charge is 2.42. The largest absolute Gasteiger partial charge is 0.542 e. The fraction of sp³-hybridized carbons (Fsp3) is 0.733. The number of unbranched alkanes of at least 4 members (excludes halogenated alkanes) is 1. The third kappa shape index (κ3) is 5.75. The van der Waals surface area contributed by atoms with Gasteiger partial charge in [-0.1, -0.05) is 13.3 Å². The number of amides is 1. The predicted molar refractivity (Wildman–Crippen MR) is 79.3 cm³/mol. The van der Waals surface area contributed by atoms with Crippen LogP contribution in [0.1, 0.15) is 26.7 Å². The molecule has 1 heterocycles. The van der Waals surface area contributed by atoms with Gasteiger partial charge < -0.3 is 40.0 Å². The highest BCUT2D eigenvalue weighted by molar-refractivity contribution is 5.82. The summed E-state index contributed by atoms with van der Waals surface area (Å²) >= 11 is 0. The van der Waals surface area contributed by atoms with E-state index in [1.165, 1.54) is 6.92 Å². The lowest BCUT2D eigenvalue weighted by atomic mass is 9.94. The second-order valence-electron chi connectivity index (χ2n) is 5.60. The molecule has 0 fully saturated rings. The average molecular weight is 346 g/mol. The molecule has 1 aliphatic heterocycles. The van der Waals surface area contributed by atoms with Crippen LogP contribution in [0.5, 0.6) is 0 Å². The number of aliphatic carboxylic acids is 1. The third-order valence-electron chi connectivity index (χ3n) is 3.54. The van der Waals surface area contributed by atoms with Crippen molar-refractivity contribution >= 4 is 11.9 Å². The van der Waals surface area contributed by atoms with Crippen LogP contribution >= 0.6 is 0 Å². The highest BCUT2D eigenvalue weighted by atomic mass is 16.5. The van der Waals surface area contributed by atoms with Crippen molar-refractivity contribution in [3.05, 3.63) is 11.8 Å². The summed E-state index contributed by atoms with van der Waals surface area (Å²) in [6.45, 7) is 3.36. The molecule has 0 saturated heterocycles. The molecule has 4 N–H and O–H groups in total. The van der Waals surface area contributed by atoms with Crippen LogP contribution < -0.4 is 10.4 Å². The molecule has 24 heavy (non-hydrogen) atoms. The van der Waals surface area contributed by atoms with E-state index in [2.05, 4.69) is 5.32 Å². The number of nitrogens with one attached hydrogen (secondary N) is 1. The smallest absolute Gasteiger partial charge is 0.217 e. The van der Waals surface area contributed by atoms with Gasteiger partial charge in [-0.25, -0.2) is 0 Å². The molecule has 5 atom stereocenters.